The number of nitrogens with one attached hydrogen (secondary N) is 2. The topological polar surface area (TPSA) is 41.1 Å². The van der Waals surface area contributed by atoms with Crippen LogP contribution in [0.15, 0.2) is 48.5 Å². The van der Waals surface area contributed by atoms with E-state index in [2.05, 4.69) is 68.7 Å². The van der Waals surface area contributed by atoms with Crippen molar-refractivity contribution in [3.63, 3.8) is 0 Å². The van der Waals surface area contributed by atoms with E-state index in [-0.39, 0.29) is 11.4 Å². The highest BCUT2D eigenvalue weighted by Crippen LogP contribution is 2.29. The Hall–Kier alpha value is -2.29. The Morgan fingerprint density at radius 2 is 1.65 bits per heavy atom. The minimum atomic E-state index is -0.159. The molecule has 0 unspecified atom stereocenters. The fraction of sp³-hybridized carbons (Fsp3) is 0.350. The number of amides is 2. The van der Waals surface area contributed by atoms with E-state index in [1.807, 2.05) is 18.2 Å². The summed E-state index contributed by atoms with van der Waals surface area (Å²) in [5, 5.41) is 5.89. The molecular weight excluding hydrogens is 284 g/mol. The van der Waals surface area contributed by atoms with Crippen LogP contribution in [0.4, 0.5) is 10.5 Å². The summed E-state index contributed by atoms with van der Waals surface area (Å²) < 4.78 is 0. The molecule has 2 amide bonds. The number of hydrogen-bond acceptors (Lipinski definition) is 1. The smallest absolute Gasteiger partial charge is 0.319 e. The molecule has 2 aromatic rings. The second-order valence-electron chi connectivity index (χ2n) is 6.91. The van der Waals surface area contributed by atoms with E-state index in [1.165, 1.54) is 11.1 Å². The summed E-state index contributed by atoms with van der Waals surface area (Å²) in [6, 6.07) is 16.2. The van der Waals surface area contributed by atoms with Crippen LogP contribution >= 0.6 is 0 Å². The second kappa shape index (κ2) is 7.32. The quantitative estimate of drug-likeness (QED) is 0.847. The van der Waals surface area contributed by atoms with Gasteiger partial charge in [0.1, 0.15) is 0 Å². The first-order valence-corrected chi connectivity index (χ1v) is 8.06. The maximum atomic E-state index is 12.1. The van der Waals surface area contributed by atoms with Crippen LogP contribution < -0.4 is 10.6 Å². The number of hydrogen-bond donors (Lipinski definition) is 2. The van der Waals surface area contributed by atoms with E-state index in [4.69, 9.17) is 0 Å². The molecule has 0 aliphatic heterocycles. The van der Waals surface area contributed by atoms with Gasteiger partial charge < -0.3 is 10.6 Å². The lowest BCUT2D eigenvalue weighted by molar-refractivity contribution is 0.252. The van der Waals surface area contributed by atoms with Crippen molar-refractivity contribution in [2.24, 2.45) is 0 Å². The third-order valence-electron chi connectivity index (χ3n) is 3.80. The zero-order valence-electron chi connectivity index (χ0n) is 14.4. The first-order valence-electron chi connectivity index (χ1n) is 8.06. The highest BCUT2D eigenvalue weighted by molar-refractivity contribution is 5.90. The fourth-order valence-electron chi connectivity index (χ4n) is 2.49. The predicted molar refractivity (Wildman–Crippen MR) is 97.0 cm³/mol. The van der Waals surface area contributed by atoms with Crippen LogP contribution in [0.5, 0.6) is 0 Å². The molecule has 2 N–H and O–H groups in total. The van der Waals surface area contributed by atoms with Crippen LogP contribution in [-0.4, -0.2) is 12.6 Å². The number of urea groups is 1. The van der Waals surface area contributed by atoms with Crippen molar-refractivity contribution in [3.8, 4) is 0 Å². The van der Waals surface area contributed by atoms with Gasteiger partial charge in [0.15, 0.2) is 0 Å². The Kier molecular flexibility index (Phi) is 5.43. The molecule has 0 saturated carbocycles. The zero-order valence-corrected chi connectivity index (χ0v) is 14.4. The van der Waals surface area contributed by atoms with Crippen LogP contribution in [-0.2, 0) is 11.8 Å². The molecule has 0 aliphatic rings. The number of carbonyl (C=O) groups is 1. The average molecular weight is 310 g/mol. The van der Waals surface area contributed by atoms with E-state index < -0.39 is 0 Å². The Balaban J connectivity index is 1.89. The van der Waals surface area contributed by atoms with E-state index >= 15 is 0 Å². The van der Waals surface area contributed by atoms with Crippen LogP contribution in [0, 0.1) is 6.92 Å². The normalized spacial score (nSPS) is 11.1. The number of rotatable bonds is 4. The van der Waals surface area contributed by atoms with Gasteiger partial charge in [-0.1, -0.05) is 68.8 Å². The SMILES string of the molecule is Cc1ccc(CCNC(=O)Nc2ccccc2C(C)(C)C)cc1. The highest BCUT2D eigenvalue weighted by atomic mass is 16.2. The predicted octanol–water partition coefficient (Wildman–Crippen LogP) is 4.66. The lowest BCUT2D eigenvalue weighted by Gasteiger charge is -2.23. The number of anilines is 1. The average Bonchev–Trinajstić information content (AvgIpc) is 2.49. The number of benzene rings is 2. The number of carbonyl (C=O) groups excluding carboxylic acids is 1. The molecule has 0 aliphatic carbocycles. The molecule has 122 valence electrons. The summed E-state index contributed by atoms with van der Waals surface area (Å²) in [6.45, 7) is 9.11. The van der Waals surface area contributed by atoms with Crippen LogP contribution in [0.2, 0.25) is 0 Å². The summed E-state index contributed by atoms with van der Waals surface area (Å²) in [4.78, 5) is 12.1. The van der Waals surface area contributed by atoms with Crippen molar-refractivity contribution in [2.75, 3.05) is 11.9 Å². The molecule has 0 bridgehead atoms. The van der Waals surface area contributed by atoms with E-state index in [9.17, 15) is 4.79 Å². The molecule has 0 fully saturated rings. The van der Waals surface area contributed by atoms with Crippen molar-refractivity contribution in [2.45, 2.75) is 39.5 Å². The fourth-order valence-corrected chi connectivity index (χ4v) is 2.49. The van der Waals surface area contributed by atoms with Gasteiger partial charge in [-0.25, -0.2) is 4.79 Å². The maximum absolute atomic E-state index is 12.1. The molecule has 0 radical (unpaired) electrons. The van der Waals surface area contributed by atoms with E-state index in [1.54, 1.807) is 0 Å². The van der Waals surface area contributed by atoms with E-state index in [0.29, 0.717) is 6.54 Å². The van der Waals surface area contributed by atoms with Gasteiger partial charge in [-0.05, 0) is 36.0 Å². The third-order valence-corrected chi connectivity index (χ3v) is 3.80. The standard InChI is InChI=1S/C20H26N2O/c1-15-9-11-16(12-10-15)13-14-21-19(23)22-18-8-6-5-7-17(18)20(2,3)4/h5-12H,13-14H2,1-4H3,(H2,21,22,23). The number of aryl methyl sites for hydroxylation is 1. The molecule has 3 nitrogen and oxygen atoms in total. The molecule has 0 aromatic heterocycles. The Morgan fingerprint density at radius 3 is 2.30 bits per heavy atom. The largest absolute Gasteiger partial charge is 0.338 e. The van der Waals surface area contributed by atoms with Crippen molar-refractivity contribution in [3.05, 3.63) is 65.2 Å². The molecule has 23 heavy (non-hydrogen) atoms. The molecule has 0 heterocycles. The van der Waals surface area contributed by atoms with Crippen LogP contribution in [0.3, 0.4) is 0 Å². The Morgan fingerprint density at radius 1 is 1.00 bits per heavy atom. The Labute approximate surface area is 139 Å². The molecule has 0 atom stereocenters. The number of para-hydroxylation sites is 1. The Bertz CT molecular complexity index is 654. The third kappa shape index (κ3) is 5.13. The van der Waals surface area contributed by atoms with Gasteiger partial charge in [0, 0.05) is 12.2 Å². The first-order chi connectivity index (χ1) is 10.9. The van der Waals surface area contributed by atoms with Gasteiger partial charge in [0.05, 0.1) is 0 Å². The van der Waals surface area contributed by atoms with Gasteiger partial charge in [0.2, 0.25) is 0 Å². The van der Waals surface area contributed by atoms with Crippen molar-refractivity contribution in [1.82, 2.24) is 5.32 Å². The van der Waals surface area contributed by atoms with Gasteiger partial charge in [-0.2, -0.15) is 0 Å². The summed E-state index contributed by atoms with van der Waals surface area (Å²) in [5.41, 5.74) is 4.47. The van der Waals surface area contributed by atoms with Crippen molar-refractivity contribution in [1.29, 1.82) is 0 Å². The molecule has 0 saturated heterocycles. The summed E-state index contributed by atoms with van der Waals surface area (Å²) in [7, 11) is 0. The molecule has 0 spiro atoms. The van der Waals surface area contributed by atoms with Crippen LogP contribution in [0.1, 0.15) is 37.5 Å². The van der Waals surface area contributed by atoms with Gasteiger partial charge in [-0.15, -0.1) is 0 Å². The molecule has 2 aromatic carbocycles. The maximum Gasteiger partial charge on any atom is 0.319 e. The van der Waals surface area contributed by atoms with Crippen molar-refractivity contribution < 1.29 is 4.79 Å². The first kappa shape index (κ1) is 17.1. The van der Waals surface area contributed by atoms with Gasteiger partial charge >= 0.3 is 6.03 Å². The zero-order chi connectivity index (χ0) is 16.9. The minimum Gasteiger partial charge on any atom is -0.338 e. The molecular formula is C20H26N2O. The van der Waals surface area contributed by atoms with Crippen molar-refractivity contribution >= 4 is 11.7 Å². The summed E-state index contributed by atoms with van der Waals surface area (Å²) in [5.74, 6) is 0. The minimum absolute atomic E-state index is 0.00816. The van der Waals surface area contributed by atoms with Gasteiger partial charge in [0.25, 0.3) is 0 Å². The van der Waals surface area contributed by atoms with Crippen LogP contribution in [0.25, 0.3) is 0 Å². The lowest BCUT2D eigenvalue weighted by Crippen LogP contribution is -2.31. The molecule has 3 heteroatoms. The van der Waals surface area contributed by atoms with E-state index in [0.717, 1.165) is 17.7 Å². The summed E-state index contributed by atoms with van der Waals surface area (Å²) in [6.07, 6.45) is 0.828. The highest BCUT2D eigenvalue weighted by Gasteiger charge is 2.18. The van der Waals surface area contributed by atoms with Gasteiger partial charge in [-0.3, -0.25) is 0 Å². The lowest BCUT2D eigenvalue weighted by atomic mass is 9.86. The summed E-state index contributed by atoms with van der Waals surface area (Å²) >= 11 is 0. The monoisotopic (exact) mass is 310 g/mol. The second-order valence-corrected chi connectivity index (χ2v) is 6.91. The molecule has 2 rings (SSSR count).